The van der Waals surface area contributed by atoms with Gasteiger partial charge in [-0.3, -0.25) is 4.79 Å². The van der Waals surface area contributed by atoms with Gasteiger partial charge in [-0.1, -0.05) is 22.9 Å². The number of morpholine rings is 1. The second kappa shape index (κ2) is 8.02. The van der Waals surface area contributed by atoms with Gasteiger partial charge in [0.15, 0.2) is 0 Å². The molecule has 110 valence electrons. The normalized spacial score (nSPS) is 20.4. The minimum atomic E-state index is -0.214. The summed E-state index contributed by atoms with van der Waals surface area (Å²) in [5.41, 5.74) is 0. The Morgan fingerprint density at radius 3 is 2.95 bits per heavy atom. The summed E-state index contributed by atoms with van der Waals surface area (Å²) >= 11 is 5.17. The van der Waals surface area contributed by atoms with Gasteiger partial charge in [-0.05, 0) is 24.3 Å². The van der Waals surface area contributed by atoms with E-state index in [0.29, 0.717) is 25.0 Å². The van der Waals surface area contributed by atoms with Crippen LogP contribution in [0.25, 0.3) is 0 Å². The molecule has 0 aliphatic carbocycles. The van der Waals surface area contributed by atoms with E-state index >= 15 is 0 Å². The zero-order chi connectivity index (χ0) is 14.4. The van der Waals surface area contributed by atoms with E-state index in [2.05, 4.69) is 45.6 Å². The maximum absolute atomic E-state index is 11.9. The number of amides is 1. The molecule has 0 spiro atoms. The van der Waals surface area contributed by atoms with Crippen LogP contribution < -0.4 is 10.6 Å². The number of ether oxygens (including phenoxy) is 1. The van der Waals surface area contributed by atoms with E-state index in [1.54, 1.807) is 11.8 Å². The zero-order valence-electron chi connectivity index (χ0n) is 11.4. The van der Waals surface area contributed by atoms with Crippen molar-refractivity contribution in [2.24, 2.45) is 0 Å². The number of halogens is 1. The molecule has 0 saturated carbocycles. The fourth-order valence-electron chi connectivity index (χ4n) is 1.89. The Balaban J connectivity index is 1.72. The summed E-state index contributed by atoms with van der Waals surface area (Å²) in [6.07, 6.45) is 0. The number of carbonyl (C=O) groups excluding carboxylic acids is 1. The fraction of sp³-hybridized carbons (Fsp3) is 0.500. The highest BCUT2D eigenvalue weighted by Gasteiger charge is 2.21. The van der Waals surface area contributed by atoms with Crippen molar-refractivity contribution in [3.8, 4) is 0 Å². The van der Waals surface area contributed by atoms with Gasteiger partial charge in [0.25, 0.3) is 0 Å². The van der Waals surface area contributed by atoms with Crippen molar-refractivity contribution in [1.82, 2.24) is 10.6 Å². The summed E-state index contributed by atoms with van der Waals surface area (Å²) in [5, 5.41) is 6.45. The number of nitrogens with one attached hydrogen (secondary N) is 2. The first-order chi connectivity index (χ1) is 9.65. The minimum Gasteiger partial charge on any atom is -0.378 e. The first kappa shape index (κ1) is 15.8. The van der Waals surface area contributed by atoms with E-state index < -0.39 is 0 Å². The number of carbonyl (C=O) groups is 1. The molecule has 1 amide bonds. The smallest absolute Gasteiger partial charge is 0.239 e. The van der Waals surface area contributed by atoms with E-state index in [9.17, 15) is 4.79 Å². The van der Waals surface area contributed by atoms with Crippen molar-refractivity contribution in [3.63, 3.8) is 0 Å². The molecule has 1 aromatic rings. The monoisotopic (exact) mass is 358 g/mol. The van der Waals surface area contributed by atoms with Crippen LogP contribution in [0.2, 0.25) is 0 Å². The summed E-state index contributed by atoms with van der Waals surface area (Å²) in [7, 11) is 0. The first-order valence-corrected chi connectivity index (χ1v) is 8.33. The summed E-state index contributed by atoms with van der Waals surface area (Å²) in [6.45, 7) is 4.64. The van der Waals surface area contributed by atoms with Crippen LogP contribution in [0.4, 0.5) is 0 Å². The molecule has 2 atom stereocenters. The molecule has 1 fully saturated rings. The lowest BCUT2D eigenvalue weighted by Gasteiger charge is -2.23. The molecular weight excluding hydrogens is 340 g/mol. The van der Waals surface area contributed by atoms with Gasteiger partial charge < -0.3 is 15.4 Å². The Kier molecular flexibility index (Phi) is 6.35. The number of benzene rings is 1. The molecule has 1 saturated heterocycles. The van der Waals surface area contributed by atoms with Crippen LogP contribution >= 0.6 is 27.7 Å². The summed E-state index contributed by atoms with van der Waals surface area (Å²) < 4.78 is 6.36. The molecule has 1 aliphatic rings. The van der Waals surface area contributed by atoms with Gasteiger partial charge in [0.2, 0.25) is 5.91 Å². The first-order valence-electron chi connectivity index (χ1n) is 6.66. The molecular formula is C14H19BrN2O2S. The van der Waals surface area contributed by atoms with Crippen molar-refractivity contribution < 1.29 is 9.53 Å². The van der Waals surface area contributed by atoms with E-state index in [1.165, 1.54) is 4.90 Å². The number of thioether (sulfide) groups is 1. The van der Waals surface area contributed by atoms with Gasteiger partial charge in [-0.25, -0.2) is 0 Å². The van der Waals surface area contributed by atoms with Gasteiger partial charge in [-0.2, -0.15) is 0 Å². The zero-order valence-corrected chi connectivity index (χ0v) is 13.8. The summed E-state index contributed by atoms with van der Waals surface area (Å²) in [6, 6.07) is 7.98. The molecule has 2 rings (SSSR count). The number of hydrogen-bond acceptors (Lipinski definition) is 4. The second-order valence-electron chi connectivity index (χ2n) is 4.71. The molecule has 20 heavy (non-hydrogen) atoms. The highest BCUT2D eigenvalue weighted by molar-refractivity contribution is 9.10. The standard InChI is InChI=1S/C14H19BrN2O2S/c1-10(20-12-4-2-11(15)3-5-12)8-17-14(18)13-9-19-7-6-16-13/h2-5,10,13,16H,6-9H2,1H3,(H,17,18). The summed E-state index contributed by atoms with van der Waals surface area (Å²) in [5.74, 6) is 0.0213. The third-order valence-corrected chi connectivity index (χ3v) is 4.59. The topological polar surface area (TPSA) is 50.4 Å². The van der Waals surface area contributed by atoms with Crippen LogP contribution in [0.3, 0.4) is 0 Å². The quantitative estimate of drug-likeness (QED) is 0.790. The van der Waals surface area contributed by atoms with Crippen LogP contribution in [-0.2, 0) is 9.53 Å². The number of hydrogen-bond donors (Lipinski definition) is 2. The van der Waals surface area contributed by atoms with Crippen molar-refractivity contribution >= 4 is 33.6 Å². The van der Waals surface area contributed by atoms with Gasteiger partial charge in [0, 0.05) is 27.7 Å². The van der Waals surface area contributed by atoms with Crippen molar-refractivity contribution in [2.75, 3.05) is 26.3 Å². The van der Waals surface area contributed by atoms with Crippen LogP contribution in [0.15, 0.2) is 33.6 Å². The molecule has 4 nitrogen and oxygen atoms in total. The van der Waals surface area contributed by atoms with Crippen LogP contribution in [0.1, 0.15) is 6.92 Å². The maximum Gasteiger partial charge on any atom is 0.239 e. The minimum absolute atomic E-state index is 0.0213. The van der Waals surface area contributed by atoms with E-state index in [0.717, 1.165) is 11.0 Å². The van der Waals surface area contributed by atoms with Crippen molar-refractivity contribution in [2.45, 2.75) is 23.1 Å². The highest BCUT2D eigenvalue weighted by atomic mass is 79.9. The molecule has 1 aromatic carbocycles. The maximum atomic E-state index is 11.9. The van der Waals surface area contributed by atoms with E-state index in [1.807, 2.05) is 12.1 Å². The summed E-state index contributed by atoms with van der Waals surface area (Å²) in [4.78, 5) is 13.1. The van der Waals surface area contributed by atoms with E-state index in [4.69, 9.17) is 4.74 Å². The average Bonchev–Trinajstić information content (AvgIpc) is 2.48. The molecule has 2 unspecified atom stereocenters. The highest BCUT2D eigenvalue weighted by Crippen LogP contribution is 2.24. The van der Waals surface area contributed by atoms with Crippen LogP contribution in [0, 0.1) is 0 Å². The van der Waals surface area contributed by atoms with Crippen LogP contribution in [-0.4, -0.2) is 43.5 Å². The van der Waals surface area contributed by atoms with Gasteiger partial charge in [0.1, 0.15) is 6.04 Å². The Morgan fingerprint density at radius 2 is 2.30 bits per heavy atom. The lowest BCUT2D eigenvalue weighted by molar-refractivity contribution is -0.125. The molecule has 0 radical (unpaired) electrons. The lowest BCUT2D eigenvalue weighted by Crippen LogP contribution is -2.51. The van der Waals surface area contributed by atoms with Gasteiger partial charge in [0.05, 0.1) is 13.2 Å². The molecule has 1 aliphatic heterocycles. The second-order valence-corrected chi connectivity index (χ2v) is 7.14. The fourth-order valence-corrected chi connectivity index (χ4v) is 3.08. The Bertz CT molecular complexity index is 435. The molecule has 2 N–H and O–H groups in total. The largest absolute Gasteiger partial charge is 0.378 e. The molecule has 0 bridgehead atoms. The molecule has 6 heteroatoms. The Hall–Kier alpha value is -0.560. The SMILES string of the molecule is CC(CNC(=O)C1COCCN1)Sc1ccc(Br)cc1. The molecule has 0 aromatic heterocycles. The lowest BCUT2D eigenvalue weighted by atomic mass is 10.2. The van der Waals surface area contributed by atoms with Crippen molar-refractivity contribution in [3.05, 3.63) is 28.7 Å². The van der Waals surface area contributed by atoms with Gasteiger partial charge in [-0.15, -0.1) is 11.8 Å². The van der Waals surface area contributed by atoms with Crippen LogP contribution in [0.5, 0.6) is 0 Å². The predicted molar refractivity (Wildman–Crippen MR) is 85.1 cm³/mol. The van der Waals surface area contributed by atoms with E-state index in [-0.39, 0.29) is 11.9 Å². The number of rotatable bonds is 5. The Morgan fingerprint density at radius 1 is 1.55 bits per heavy atom. The molecule has 1 heterocycles. The predicted octanol–water partition coefficient (Wildman–Crippen LogP) is 2.03. The van der Waals surface area contributed by atoms with Gasteiger partial charge >= 0.3 is 0 Å². The van der Waals surface area contributed by atoms with Crippen molar-refractivity contribution in [1.29, 1.82) is 0 Å². The third-order valence-electron chi connectivity index (χ3n) is 2.95. The Labute approximate surface area is 132 Å². The average molecular weight is 359 g/mol. The third kappa shape index (κ3) is 5.09.